The number of carbonyl (C=O) groups is 1. The van der Waals surface area contributed by atoms with Gasteiger partial charge in [0.15, 0.2) is 0 Å². The SMILES string of the molecule is CCC(C)NC(=O)C=Cc1ccco1. The van der Waals surface area contributed by atoms with Crippen LogP contribution < -0.4 is 5.32 Å². The lowest BCUT2D eigenvalue weighted by Crippen LogP contribution is -2.30. The van der Waals surface area contributed by atoms with E-state index in [0.717, 1.165) is 6.42 Å². The number of hydrogen-bond donors (Lipinski definition) is 1. The summed E-state index contributed by atoms with van der Waals surface area (Å²) in [7, 11) is 0. The highest BCUT2D eigenvalue weighted by molar-refractivity contribution is 5.91. The molecule has 0 saturated carbocycles. The van der Waals surface area contributed by atoms with Crippen LogP contribution in [0.15, 0.2) is 28.9 Å². The lowest BCUT2D eigenvalue weighted by atomic mass is 10.2. The van der Waals surface area contributed by atoms with Crippen LogP contribution >= 0.6 is 0 Å². The number of carbonyl (C=O) groups excluding carboxylic acids is 1. The third-order valence-corrected chi connectivity index (χ3v) is 1.94. The van der Waals surface area contributed by atoms with E-state index in [2.05, 4.69) is 5.32 Å². The van der Waals surface area contributed by atoms with Gasteiger partial charge < -0.3 is 9.73 Å². The van der Waals surface area contributed by atoms with Crippen molar-refractivity contribution in [3.63, 3.8) is 0 Å². The molecule has 0 aromatic carbocycles. The Labute approximate surface area is 83.8 Å². The highest BCUT2D eigenvalue weighted by atomic mass is 16.3. The summed E-state index contributed by atoms with van der Waals surface area (Å²) < 4.78 is 5.05. The molecule has 1 heterocycles. The number of amides is 1. The van der Waals surface area contributed by atoms with Crippen LogP contribution in [0, 0.1) is 0 Å². The molecular formula is C11H15NO2. The maximum Gasteiger partial charge on any atom is 0.244 e. The lowest BCUT2D eigenvalue weighted by Gasteiger charge is -2.07. The quantitative estimate of drug-likeness (QED) is 0.745. The highest BCUT2D eigenvalue weighted by Crippen LogP contribution is 2.01. The zero-order chi connectivity index (χ0) is 10.4. The third-order valence-electron chi connectivity index (χ3n) is 1.94. The van der Waals surface area contributed by atoms with Crippen LogP contribution in [-0.2, 0) is 4.79 Å². The summed E-state index contributed by atoms with van der Waals surface area (Å²) in [5.74, 6) is 0.597. The highest BCUT2D eigenvalue weighted by Gasteiger charge is 2.00. The molecule has 0 spiro atoms. The first-order valence-electron chi connectivity index (χ1n) is 4.74. The molecule has 0 saturated heterocycles. The van der Waals surface area contributed by atoms with Crippen molar-refractivity contribution in [2.45, 2.75) is 26.3 Å². The van der Waals surface area contributed by atoms with Crippen molar-refractivity contribution >= 4 is 12.0 Å². The minimum Gasteiger partial charge on any atom is -0.465 e. The fourth-order valence-corrected chi connectivity index (χ4v) is 0.937. The molecule has 1 rings (SSSR count). The second-order valence-corrected chi connectivity index (χ2v) is 3.17. The van der Waals surface area contributed by atoms with E-state index < -0.39 is 0 Å². The predicted molar refractivity (Wildman–Crippen MR) is 55.6 cm³/mol. The van der Waals surface area contributed by atoms with E-state index in [1.165, 1.54) is 6.08 Å². The molecule has 1 N–H and O–H groups in total. The molecule has 0 bridgehead atoms. The van der Waals surface area contributed by atoms with Gasteiger partial charge >= 0.3 is 0 Å². The summed E-state index contributed by atoms with van der Waals surface area (Å²) in [4.78, 5) is 11.3. The Hall–Kier alpha value is -1.51. The summed E-state index contributed by atoms with van der Waals surface area (Å²) >= 11 is 0. The largest absolute Gasteiger partial charge is 0.465 e. The lowest BCUT2D eigenvalue weighted by molar-refractivity contribution is -0.117. The molecule has 1 unspecified atom stereocenters. The molecular weight excluding hydrogens is 178 g/mol. The Morgan fingerprint density at radius 1 is 1.71 bits per heavy atom. The van der Waals surface area contributed by atoms with Gasteiger partial charge in [-0.2, -0.15) is 0 Å². The zero-order valence-corrected chi connectivity index (χ0v) is 8.49. The summed E-state index contributed by atoms with van der Waals surface area (Å²) in [6.45, 7) is 4.00. The molecule has 1 aromatic rings. The van der Waals surface area contributed by atoms with Crippen LogP contribution in [0.25, 0.3) is 6.08 Å². The van der Waals surface area contributed by atoms with Crippen molar-refractivity contribution < 1.29 is 9.21 Å². The second-order valence-electron chi connectivity index (χ2n) is 3.17. The summed E-state index contributed by atoms with van der Waals surface area (Å²) in [6.07, 6.45) is 5.63. The van der Waals surface area contributed by atoms with Crippen LogP contribution in [0.3, 0.4) is 0 Å². The van der Waals surface area contributed by atoms with Crippen LogP contribution in [0.2, 0.25) is 0 Å². The van der Waals surface area contributed by atoms with E-state index in [1.807, 2.05) is 13.8 Å². The Bertz CT molecular complexity index is 301. The van der Waals surface area contributed by atoms with E-state index >= 15 is 0 Å². The van der Waals surface area contributed by atoms with Gasteiger partial charge in [-0.3, -0.25) is 4.79 Å². The van der Waals surface area contributed by atoms with Crippen molar-refractivity contribution in [1.29, 1.82) is 0 Å². The molecule has 0 aliphatic heterocycles. The van der Waals surface area contributed by atoms with Gasteiger partial charge in [0.25, 0.3) is 0 Å². The van der Waals surface area contributed by atoms with Crippen molar-refractivity contribution in [2.75, 3.05) is 0 Å². The average molecular weight is 193 g/mol. The topological polar surface area (TPSA) is 42.2 Å². The van der Waals surface area contributed by atoms with E-state index in [0.29, 0.717) is 5.76 Å². The fraction of sp³-hybridized carbons (Fsp3) is 0.364. The van der Waals surface area contributed by atoms with Gasteiger partial charge in [0, 0.05) is 12.1 Å². The minimum atomic E-state index is -0.0873. The fourth-order valence-electron chi connectivity index (χ4n) is 0.937. The molecule has 1 atom stereocenters. The smallest absolute Gasteiger partial charge is 0.244 e. The van der Waals surface area contributed by atoms with Gasteiger partial charge in [-0.1, -0.05) is 6.92 Å². The Balaban J connectivity index is 2.41. The number of nitrogens with one attached hydrogen (secondary N) is 1. The van der Waals surface area contributed by atoms with E-state index in [4.69, 9.17) is 4.42 Å². The molecule has 0 aliphatic rings. The minimum absolute atomic E-state index is 0.0873. The first kappa shape index (κ1) is 10.6. The summed E-state index contributed by atoms with van der Waals surface area (Å²) in [5.41, 5.74) is 0. The number of furan rings is 1. The maximum atomic E-state index is 11.3. The van der Waals surface area contributed by atoms with Crippen molar-refractivity contribution in [3.8, 4) is 0 Å². The molecule has 3 nitrogen and oxygen atoms in total. The molecule has 76 valence electrons. The Morgan fingerprint density at radius 2 is 2.50 bits per heavy atom. The van der Waals surface area contributed by atoms with Gasteiger partial charge in [0.1, 0.15) is 5.76 Å². The summed E-state index contributed by atoms with van der Waals surface area (Å²) in [5, 5.41) is 2.82. The molecule has 0 fully saturated rings. The van der Waals surface area contributed by atoms with Crippen LogP contribution in [-0.4, -0.2) is 11.9 Å². The Kier molecular flexibility index (Phi) is 3.98. The van der Waals surface area contributed by atoms with E-state index in [-0.39, 0.29) is 11.9 Å². The average Bonchev–Trinajstić information content (AvgIpc) is 2.67. The van der Waals surface area contributed by atoms with Gasteiger partial charge in [-0.25, -0.2) is 0 Å². The maximum absolute atomic E-state index is 11.3. The van der Waals surface area contributed by atoms with Crippen molar-refractivity contribution in [2.24, 2.45) is 0 Å². The van der Waals surface area contributed by atoms with Crippen LogP contribution in [0.4, 0.5) is 0 Å². The third kappa shape index (κ3) is 3.47. The molecule has 0 aliphatic carbocycles. The van der Waals surface area contributed by atoms with Crippen LogP contribution in [0.1, 0.15) is 26.0 Å². The standard InChI is InChI=1S/C11H15NO2/c1-3-9(2)12-11(13)7-6-10-5-4-8-14-10/h4-9H,3H2,1-2H3,(H,12,13). The monoisotopic (exact) mass is 193 g/mol. The normalized spacial score (nSPS) is 13.0. The molecule has 1 aromatic heterocycles. The van der Waals surface area contributed by atoms with Crippen molar-refractivity contribution in [1.82, 2.24) is 5.32 Å². The molecule has 0 radical (unpaired) electrons. The Morgan fingerprint density at radius 3 is 3.07 bits per heavy atom. The molecule has 3 heteroatoms. The number of hydrogen-bond acceptors (Lipinski definition) is 2. The van der Waals surface area contributed by atoms with Gasteiger partial charge in [0.05, 0.1) is 6.26 Å². The van der Waals surface area contributed by atoms with E-state index in [1.54, 1.807) is 24.5 Å². The van der Waals surface area contributed by atoms with Gasteiger partial charge in [-0.15, -0.1) is 0 Å². The van der Waals surface area contributed by atoms with Crippen molar-refractivity contribution in [3.05, 3.63) is 30.2 Å². The van der Waals surface area contributed by atoms with Crippen LogP contribution in [0.5, 0.6) is 0 Å². The zero-order valence-electron chi connectivity index (χ0n) is 8.49. The van der Waals surface area contributed by atoms with E-state index in [9.17, 15) is 4.79 Å². The molecule has 1 amide bonds. The van der Waals surface area contributed by atoms with Gasteiger partial charge in [-0.05, 0) is 31.6 Å². The summed E-state index contributed by atoms with van der Waals surface area (Å²) in [6, 6.07) is 3.79. The molecule has 14 heavy (non-hydrogen) atoms. The number of rotatable bonds is 4. The first-order valence-corrected chi connectivity index (χ1v) is 4.74. The van der Waals surface area contributed by atoms with Gasteiger partial charge in [0.2, 0.25) is 5.91 Å². The first-order chi connectivity index (χ1) is 6.72. The predicted octanol–water partition coefficient (Wildman–Crippen LogP) is 2.21. The second kappa shape index (κ2) is 5.27.